The zero-order valence-corrected chi connectivity index (χ0v) is 19.6. The number of carbonyl (C=O) groups excluding carboxylic acids is 3. The molecule has 2 aromatic rings. The molecular weight excluding hydrogens is 428 g/mol. The van der Waals surface area contributed by atoms with Crippen molar-refractivity contribution in [3.8, 4) is 0 Å². The van der Waals surface area contributed by atoms with Crippen LogP contribution in [-0.4, -0.2) is 70.9 Å². The fourth-order valence-corrected chi connectivity index (χ4v) is 4.44. The molecule has 9 heteroatoms. The van der Waals surface area contributed by atoms with Crippen molar-refractivity contribution in [2.75, 3.05) is 31.5 Å². The molecule has 1 aliphatic heterocycles. The molecule has 0 radical (unpaired) electrons. The van der Waals surface area contributed by atoms with E-state index in [0.717, 1.165) is 6.42 Å². The first-order chi connectivity index (χ1) is 15.4. The molecule has 1 aliphatic rings. The molecule has 172 valence electrons. The largest absolute Gasteiger partial charge is 0.372 e. The average Bonchev–Trinajstić information content (AvgIpc) is 3.19. The Hall–Kier alpha value is -2.78. The van der Waals surface area contributed by atoms with E-state index in [1.165, 1.54) is 16.2 Å². The molecule has 0 aliphatic carbocycles. The van der Waals surface area contributed by atoms with Crippen molar-refractivity contribution in [2.24, 2.45) is 0 Å². The Kier molecular flexibility index (Phi) is 8.35. The monoisotopic (exact) mass is 458 g/mol. The lowest BCUT2D eigenvalue weighted by Crippen LogP contribution is -2.48. The first-order valence-electron chi connectivity index (χ1n) is 10.9. The molecule has 0 saturated carbocycles. The van der Waals surface area contributed by atoms with Crippen LogP contribution < -0.4 is 5.32 Å². The summed E-state index contributed by atoms with van der Waals surface area (Å²) >= 11 is 1.27. The second kappa shape index (κ2) is 11.2. The summed E-state index contributed by atoms with van der Waals surface area (Å²) in [6.45, 7) is 7.43. The zero-order valence-electron chi connectivity index (χ0n) is 18.7. The van der Waals surface area contributed by atoms with Crippen molar-refractivity contribution in [1.82, 2.24) is 14.8 Å². The third-order valence-corrected chi connectivity index (χ3v) is 5.85. The molecule has 2 unspecified atom stereocenters. The van der Waals surface area contributed by atoms with E-state index in [0.29, 0.717) is 36.0 Å². The smallest absolute Gasteiger partial charge is 0.254 e. The number of amides is 3. The van der Waals surface area contributed by atoms with Crippen LogP contribution in [0.1, 0.15) is 43.2 Å². The van der Waals surface area contributed by atoms with Gasteiger partial charge in [-0.3, -0.25) is 14.4 Å². The van der Waals surface area contributed by atoms with Gasteiger partial charge in [0.25, 0.3) is 5.91 Å². The molecule has 32 heavy (non-hydrogen) atoms. The summed E-state index contributed by atoms with van der Waals surface area (Å²) in [5.74, 6) is -0.495. The number of benzene rings is 1. The van der Waals surface area contributed by atoms with Crippen LogP contribution in [0.3, 0.4) is 0 Å². The molecular formula is C23H30N4O4S. The van der Waals surface area contributed by atoms with Crippen LogP contribution in [0.2, 0.25) is 0 Å². The van der Waals surface area contributed by atoms with E-state index in [9.17, 15) is 14.4 Å². The van der Waals surface area contributed by atoms with Crippen LogP contribution in [0, 0.1) is 0 Å². The highest BCUT2D eigenvalue weighted by Gasteiger charge is 2.26. The number of rotatable bonds is 8. The number of ether oxygens (including phenoxy) is 1. The van der Waals surface area contributed by atoms with Gasteiger partial charge < -0.3 is 19.9 Å². The van der Waals surface area contributed by atoms with Crippen LogP contribution in [0.15, 0.2) is 35.7 Å². The molecule has 0 spiro atoms. The van der Waals surface area contributed by atoms with Gasteiger partial charge in [0.05, 0.1) is 24.3 Å². The normalized spacial score (nSPS) is 18.3. The number of anilines is 1. The van der Waals surface area contributed by atoms with Gasteiger partial charge in [0.2, 0.25) is 11.8 Å². The van der Waals surface area contributed by atoms with E-state index in [-0.39, 0.29) is 42.9 Å². The molecule has 3 amide bonds. The van der Waals surface area contributed by atoms with Crippen molar-refractivity contribution in [3.05, 3.63) is 47.0 Å². The van der Waals surface area contributed by atoms with Gasteiger partial charge in [-0.15, -0.1) is 11.3 Å². The summed E-state index contributed by atoms with van der Waals surface area (Å²) < 4.78 is 5.68. The summed E-state index contributed by atoms with van der Waals surface area (Å²) in [4.78, 5) is 45.6. The minimum atomic E-state index is -0.314. The topological polar surface area (TPSA) is 91.8 Å². The zero-order chi connectivity index (χ0) is 23.1. The number of thiazole rings is 1. The Morgan fingerprint density at radius 2 is 1.88 bits per heavy atom. The van der Waals surface area contributed by atoms with Crippen LogP contribution in [-0.2, 0) is 20.7 Å². The molecule has 0 bridgehead atoms. The van der Waals surface area contributed by atoms with Crippen molar-refractivity contribution < 1.29 is 19.1 Å². The first-order valence-corrected chi connectivity index (χ1v) is 11.8. The Morgan fingerprint density at radius 1 is 1.19 bits per heavy atom. The third-order valence-electron chi connectivity index (χ3n) is 5.04. The second-order valence-corrected chi connectivity index (χ2v) is 8.88. The number of morpholine rings is 1. The predicted octanol–water partition coefficient (Wildman–Crippen LogP) is 2.81. The Balaban J connectivity index is 1.55. The fourth-order valence-electron chi connectivity index (χ4n) is 3.71. The number of hydrogen-bond donors (Lipinski definition) is 1. The van der Waals surface area contributed by atoms with Gasteiger partial charge in [0.15, 0.2) is 5.13 Å². The second-order valence-electron chi connectivity index (χ2n) is 8.02. The van der Waals surface area contributed by atoms with Gasteiger partial charge in [-0.25, -0.2) is 4.98 Å². The number of nitrogens with zero attached hydrogens (tertiary/aromatic N) is 3. The van der Waals surface area contributed by atoms with Crippen LogP contribution in [0.5, 0.6) is 0 Å². The van der Waals surface area contributed by atoms with Gasteiger partial charge >= 0.3 is 0 Å². The minimum absolute atomic E-state index is 0.00208. The SMILES string of the molecule is CCCN(CC(=O)Nc1nc(CC(=O)N2CC(C)OC(C)C2)cs1)C(=O)c1ccccc1. The summed E-state index contributed by atoms with van der Waals surface area (Å²) in [6.07, 6.45) is 0.948. The van der Waals surface area contributed by atoms with Crippen molar-refractivity contribution in [2.45, 2.75) is 45.8 Å². The van der Waals surface area contributed by atoms with Gasteiger partial charge in [-0.05, 0) is 32.4 Å². The van der Waals surface area contributed by atoms with Crippen LogP contribution in [0.25, 0.3) is 0 Å². The Morgan fingerprint density at radius 3 is 2.53 bits per heavy atom. The Bertz CT molecular complexity index is 923. The quantitative estimate of drug-likeness (QED) is 0.657. The van der Waals surface area contributed by atoms with Crippen LogP contribution >= 0.6 is 11.3 Å². The molecule has 1 aromatic heterocycles. The van der Waals surface area contributed by atoms with Gasteiger partial charge in [-0.1, -0.05) is 25.1 Å². The summed E-state index contributed by atoms with van der Waals surface area (Å²) in [5, 5.41) is 4.95. The molecule has 1 aromatic carbocycles. The van der Waals surface area contributed by atoms with E-state index in [2.05, 4.69) is 10.3 Å². The lowest BCUT2D eigenvalue weighted by Gasteiger charge is -2.35. The third kappa shape index (κ3) is 6.61. The summed E-state index contributed by atoms with van der Waals surface area (Å²) in [6, 6.07) is 8.92. The van der Waals surface area contributed by atoms with Crippen molar-refractivity contribution in [1.29, 1.82) is 0 Å². The average molecular weight is 459 g/mol. The van der Waals surface area contributed by atoms with E-state index < -0.39 is 0 Å². The first kappa shape index (κ1) is 23.9. The maximum absolute atomic E-state index is 12.7. The molecule has 3 rings (SSSR count). The van der Waals surface area contributed by atoms with E-state index >= 15 is 0 Å². The lowest BCUT2D eigenvalue weighted by molar-refractivity contribution is -0.142. The highest BCUT2D eigenvalue weighted by atomic mass is 32.1. The maximum atomic E-state index is 12.7. The molecule has 1 saturated heterocycles. The molecule has 8 nitrogen and oxygen atoms in total. The highest BCUT2D eigenvalue weighted by molar-refractivity contribution is 7.13. The molecule has 2 heterocycles. The van der Waals surface area contributed by atoms with E-state index in [1.54, 1.807) is 34.5 Å². The minimum Gasteiger partial charge on any atom is -0.372 e. The van der Waals surface area contributed by atoms with E-state index in [1.807, 2.05) is 26.8 Å². The number of nitrogens with one attached hydrogen (secondary N) is 1. The summed E-state index contributed by atoms with van der Waals surface area (Å²) in [5.41, 5.74) is 1.17. The molecule has 2 atom stereocenters. The maximum Gasteiger partial charge on any atom is 0.254 e. The van der Waals surface area contributed by atoms with Crippen LogP contribution in [0.4, 0.5) is 5.13 Å². The number of aromatic nitrogens is 1. The highest BCUT2D eigenvalue weighted by Crippen LogP contribution is 2.18. The van der Waals surface area contributed by atoms with Gasteiger partial charge in [0, 0.05) is 30.6 Å². The van der Waals surface area contributed by atoms with Gasteiger partial charge in [0.1, 0.15) is 6.54 Å². The lowest BCUT2D eigenvalue weighted by atomic mass is 10.2. The number of hydrogen-bond acceptors (Lipinski definition) is 6. The van der Waals surface area contributed by atoms with Gasteiger partial charge in [-0.2, -0.15) is 0 Å². The molecule has 1 fully saturated rings. The fraction of sp³-hybridized carbons (Fsp3) is 0.478. The van der Waals surface area contributed by atoms with Crippen molar-refractivity contribution >= 4 is 34.2 Å². The molecule has 1 N–H and O–H groups in total. The number of carbonyl (C=O) groups is 3. The standard InChI is InChI=1S/C23H30N4O4S/c1-4-10-26(22(30)18-8-6-5-7-9-18)14-20(28)25-23-24-19(15-32-23)11-21(29)27-12-16(2)31-17(3)13-27/h5-9,15-17H,4,10-14H2,1-3H3,(H,24,25,28). The van der Waals surface area contributed by atoms with Crippen molar-refractivity contribution in [3.63, 3.8) is 0 Å². The van der Waals surface area contributed by atoms with E-state index in [4.69, 9.17) is 4.74 Å². The Labute approximate surface area is 192 Å². The summed E-state index contributed by atoms with van der Waals surface area (Å²) in [7, 11) is 0. The predicted molar refractivity (Wildman–Crippen MR) is 124 cm³/mol.